The molecule has 2 aliphatic heterocycles. The second-order valence-corrected chi connectivity index (χ2v) is 8.90. The van der Waals surface area contributed by atoms with E-state index >= 15 is 0 Å². The number of carbonyl (C=O) groups is 1. The van der Waals surface area contributed by atoms with Gasteiger partial charge in [0.05, 0.1) is 6.54 Å². The molecule has 7 heteroatoms. The van der Waals surface area contributed by atoms with Crippen molar-refractivity contribution in [2.45, 2.75) is 52.0 Å². The first-order valence-electron chi connectivity index (χ1n) is 10.0. The van der Waals surface area contributed by atoms with E-state index in [2.05, 4.69) is 26.9 Å². The highest BCUT2D eigenvalue weighted by Gasteiger charge is 2.35. The van der Waals surface area contributed by atoms with Crippen LogP contribution < -0.4 is 4.74 Å². The molecular weight excluding hydrogens is 424 g/mol. The van der Waals surface area contributed by atoms with Crippen molar-refractivity contribution in [2.75, 3.05) is 33.3 Å². The highest BCUT2D eigenvalue weighted by Crippen LogP contribution is 2.29. The van der Waals surface area contributed by atoms with Crippen LogP contribution in [0.25, 0.3) is 0 Å². The summed E-state index contributed by atoms with van der Waals surface area (Å²) in [5, 5.41) is 0. The molecule has 28 heavy (non-hydrogen) atoms. The Labute approximate surface area is 176 Å². The van der Waals surface area contributed by atoms with Gasteiger partial charge < -0.3 is 19.1 Å². The molecule has 156 valence electrons. The standard InChI is InChI=1S/C21H31BrN2O4/c1-14(2)24-13-19(28-21(24)25)12-23-8-7-16(11-23)9-17-10-18(5-6-20(17)22)27-15(3)26-4/h5-6,10,14-16,19H,7-9,11-13H2,1-4H3. The van der Waals surface area contributed by atoms with Crippen molar-refractivity contribution in [3.63, 3.8) is 0 Å². The van der Waals surface area contributed by atoms with E-state index in [4.69, 9.17) is 14.2 Å². The van der Waals surface area contributed by atoms with Crippen LogP contribution in [0.5, 0.6) is 5.75 Å². The van der Waals surface area contributed by atoms with Gasteiger partial charge >= 0.3 is 6.09 Å². The summed E-state index contributed by atoms with van der Waals surface area (Å²) in [5.74, 6) is 1.42. The average Bonchev–Trinajstić information content (AvgIpc) is 3.24. The molecule has 6 nitrogen and oxygen atoms in total. The van der Waals surface area contributed by atoms with Crippen molar-refractivity contribution >= 4 is 22.0 Å². The van der Waals surface area contributed by atoms with E-state index < -0.39 is 0 Å². The molecule has 2 saturated heterocycles. The maximum Gasteiger partial charge on any atom is 0.410 e. The molecule has 2 aliphatic rings. The maximum absolute atomic E-state index is 11.9. The van der Waals surface area contributed by atoms with Crippen molar-refractivity contribution < 1.29 is 19.0 Å². The normalized spacial score (nSPS) is 24.1. The van der Waals surface area contributed by atoms with Gasteiger partial charge in [-0.2, -0.15) is 0 Å². The first-order chi connectivity index (χ1) is 13.4. The number of hydrogen-bond donors (Lipinski definition) is 0. The van der Waals surface area contributed by atoms with Gasteiger partial charge in [0.1, 0.15) is 11.9 Å². The molecule has 0 aliphatic carbocycles. The zero-order valence-corrected chi connectivity index (χ0v) is 18.8. The second kappa shape index (κ2) is 9.46. The molecule has 0 radical (unpaired) electrons. The molecule has 2 heterocycles. The number of benzene rings is 1. The zero-order valence-electron chi connectivity index (χ0n) is 17.2. The quantitative estimate of drug-likeness (QED) is 0.557. The van der Waals surface area contributed by atoms with Crippen LogP contribution in [0, 0.1) is 5.92 Å². The first kappa shape index (κ1) is 21.4. The summed E-state index contributed by atoms with van der Waals surface area (Å²) in [7, 11) is 1.64. The molecule has 0 aromatic heterocycles. The van der Waals surface area contributed by atoms with E-state index in [1.807, 2.05) is 37.8 Å². The summed E-state index contributed by atoms with van der Waals surface area (Å²) >= 11 is 3.67. The van der Waals surface area contributed by atoms with E-state index in [9.17, 15) is 4.79 Å². The van der Waals surface area contributed by atoms with Crippen LogP contribution in [0.15, 0.2) is 22.7 Å². The predicted molar refractivity (Wildman–Crippen MR) is 112 cm³/mol. The van der Waals surface area contributed by atoms with Gasteiger partial charge in [0.2, 0.25) is 0 Å². The van der Waals surface area contributed by atoms with Gasteiger partial charge in [0, 0.05) is 30.7 Å². The molecule has 0 bridgehead atoms. The van der Waals surface area contributed by atoms with Gasteiger partial charge in [0.15, 0.2) is 6.29 Å². The van der Waals surface area contributed by atoms with E-state index in [0.29, 0.717) is 12.5 Å². The number of hydrogen-bond acceptors (Lipinski definition) is 5. The third-order valence-corrected chi connectivity index (χ3v) is 6.29. The smallest absolute Gasteiger partial charge is 0.410 e. The Morgan fingerprint density at radius 3 is 2.75 bits per heavy atom. The van der Waals surface area contributed by atoms with E-state index in [0.717, 1.165) is 42.7 Å². The SMILES string of the molecule is COC(C)Oc1ccc(Br)c(CC2CCN(CC3CN(C(C)C)C(=O)O3)C2)c1. The fourth-order valence-corrected chi connectivity index (χ4v) is 4.33. The fourth-order valence-electron chi connectivity index (χ4n) is 3.92. The van der Waals surface area contributed by atoms with Crippen LogP contribution in [-0.4, -0.2) is 67.6 Å². The molecule has 1 amide bonds. The molecule has 2 fully saturated rings. The Bertz CT molecular complexity index is 684. The summed E-state index contributed by atoms with van der Waals surface area (Å²) in [5.41, 5.74) is 1.26. The van der Waals surface area contributed by atoms with Crippen LogP contribution in [0.4, 0.5) is 4.79 Å². The van der Waals surface area contributed by atoms with Gasteiger partial charge in [-0.1, -0.05) is 15.9 Å². The Morgan fingerprint density at radius 2 is 2.07 bits per heavy atom. The molecule has 1 aromatic rings. The highest BCUT2D eigenvalue weighted by molar-refractivity contribution is 9.10. The van der Waals surface area contributed by atoms with Crippen molar-refractivity contribution in [3.8, 4) is 5.75 Å². The lowest BCUT2D eigenvalue weighted by Crippen LogP contribution is -2.35. The number of cyclic esters (lactones) is 1. The van der Waals surface area contributed by atoms with Crippen LogP contribution in [0.2, 0.25) is 0 Å². The third-order valence-electron chi connectivity index (χ3n) is 5.52. The van der Waals surface area contributed by atoms with Crippen LogP contribution in [0.1, 0.15) is 32.8 Å². The third kappa shape index (κ3) is 5.39. The Hall–Kier alpha value is -1.31. The van der Waals surface area contributed by atoms with Crippen molar-refractivity contribution in [2.24, 2.45) is 5.92 Å². The van der Waals surface area contributed by atoms with E-state index in [1.54, 1.807) is 7.11 Å². The van der Waals surface area contributed by atoms with Gasteiger partial charge in [-0.25, -0.2) is 4.79 Å². The molecule has 1 aromatic carbocycles. The predicted octanol–water partition coefficient (Wildman–Crippen LogP) is 3.91. The van der Waals surface area contributed by atoms with Gasteiger partial charge in [-0.15, -0.1) is 0 Å². The molecule has 0 N–H and O–H groups in total. The van der Waals surface area contributed by atoms with Gasteiger partial charge in [-0.05, 0) is 69.8 Å². The minimum atomic E-state index is -0.268. The largest absolute Gasteiger partial charge is 0.465 e. The fraction of sp³-hybridized carbons (Fsp3) is 0.667. The topological polar surface area (TPSA) is 51.2 Å². The average molecular weight is 455 g/mol. The number of carbonyl (C=O) groups excluding carboxylic acids is 1. The van der Waals surface area contributed by atoms with Gasteiger partial charge in [0.25, 0.3) is 0 Å². The highest BCUT2D eigenvalue weighted by atomic mass is 79.9. The lowest BCUT2D eigenvalue weighted by atomic mass is 9.98. The monoisotopic (exact) mass is 454 g/mol. The van der Waals surface area contributed by atoms with E-state index in [1.165, 1.54) is 5.56 Å². The molecule has 3 atom stereocenters. The minimum Gasteiger partial charge on any atom is -0.465 e. The minimum absolute atomic E-state index is 0.0207. The summed E-state index contributed by atoms with van der Waals surface area (Å²) < 4.78 is 17.6. The Kier molecular flexibility index (Phi) is 7.23. The summed E-state index contributed by atoms with van der Waals surface area (Å²) in [6.45, 7) is 9.53. The van der Waals surface area contributed by atoms with Crippen LogP contribution >= 0.6 is 15.9 Å². The number of ether oxygens (including phenoxy) is 3. The van der Waals surface area contributed by atoms with Crippen LogP contribution in [-0.2, 0) is 15.9 Å². The Morgan fingerprint density at radius 1 is 1.29 bits per heavy atom. The van der Waals surface area contributed by atoms with E-state index in [-0.39, 0.29) is 24.5 Å². The lowest BCUT2D eigenvalue weighted by Gasteiger charge is -2.20. The lowest BCUT2D eigenvalue weighted by molar-refractivity contribution is -0.0383. The van der Waals surface area contributed by atoms with Crippen molar-refractivity contribution in [3.05, 3.63) is 28.2 Å². The second-order valence-electron chi connectivity index (χ2n) is 8.04. The molecule has 3 rings (SSSR count). The summed E-state index contributed by atoms with van der Waals surface area (Å²) in [4.78, 5) is 16.2. The number of nitrogens with zero attached hydrogens (tertiary/aromatic N) is 2. The van der Waals surface area contributed by atoms with Crippen molar-refractivity contribution in [1.29, 1.82) is 0 Å². The molecule has 0 spiro atoms. The number of likely N-dealkylation sites (tertiary alicyclic amines) is 1. The zero-order chi connectivity index (χ0) is 20.3. The number of halogens is 1. The summed E-state index contributed by atoms with van der Waals surface area (Å²) in [6.07, 6.45) is 1.68. The maximum atomic E-state index is 11.9. The molecule has 3 unspecified atom stereocenters. The number of amides is 1. The number of rotatable bonds is 8. The van der Waals surface area contributed by atoms with Crippen molar-refractivity contribution in [1.82, 2.24) is 9.80 Å². The first-order valence-corrected chi connectivity index (χ1v) is 10.8. The van der Waals surface area contributed by atoms with Gasteiger partial charge in [-0.3, -0.25) is 4.90 Å². The van der Waals surface area contributed by atoms with Crippen LogP contribution in [0.3, 0.4) is 0 Å². The molecular formula is C21H31BrN2O4. The molecule has 0 saturated carbocycles. The summed E-state index contributed by atoms with van der Waals surface area (Å²) in [6, 6.07) is 6.29. The number of methoxy groups -OCH3 is 1. The Balaban J connectivity index is 1.52.